The highest BCUT2D eigenvalue weighted by atomic mass is 32.1. The molecule has 0 unspecified atom stereocenters. The molecule has 4 heteroatoms. The zero-order chi connectivity index (χ0) is 39.9. The van der Waals surface area contributed by atoms with Crippen LogP contribution in [-0.4, -0.2) is 15.0 Å². The highest BCUT2D eigenvalue weighted by molar-refractivity contribution is 7.19. The Hall–Kier alpha value is -7.53. The van der Waals surface area contributed by atoms with E-state index in [4.69, 9.17) is 15.0 Å². The molecule has 60 heavy (non-hydrogen) atoms. The molecule has 2 heterocycles. The van der Waals surface area contributed by atoms with Crippen molar-refractivity contribution < 1.29 is 0 Å². The molecule has 0 N–H and O–H groups in total. The summed E-state index contributed by atoms with van der Waals surface area (Å²) in [4.78, 5) is 18.4. The predicted molar refractivity (Wildman–Crippen MR) is 248 cm³/mol. The van der Waals surface area contributed by atoms with Crippen LogP contribution >= 0.6 is 11.3 Å². The van der Waals surface area contributed by atoms with Crippen LogP contribution in [0.1, 0.15) is 22.3 Å². The molecule has 0 saturated heterocycles. The summed E-state index contributed by atoms with van der Waals surface area (Å²) in [7, 11) is 0. The van der Waals surface area contributed by atoms with E-state index >= 15 is 0 Å². The lowest BCUT2D eigenvalue weighted by Crippen LogP contribution is -2.29. The Balaban J connectivity index is 1.23. The number of fused-ring (bicyclic) bond motifs is 3. The number of benzene rings is 8. The monoisotopic (exact) mass is 783 g/mol. The summed E-state index contributed by atoms with van der Waals surface area (Å²) in [5, 5.41) is 0. The van der Waals surface area contributed by atoms with Crippen LogP contribution in [0.3, 0.4) is 0 Å². The lowest BCUT2D eigenvalue weighted by molar-refractivity contribution is 0.772. The first kappa shape index (κ1) is 35.6. The molecule has 0 amide bonds. The van der Waals surface area contributed by atoms with Gasteiger partial charge < -0.3 is 0 Å². The predicted octanol–water partition coefficient (Wildman–Crippen LogP) is 14.3. The van der Waals surface area contributed by atoms with Crippen molar-refractivity contribution in [1.29, 1.82) is 0 Å². The maximum atomic E-state index is 5.51. The van der Waals surface area contributed by atoms with Crippen LogP contribution < -0.4 is 0 Å². The fraction of sp³-hybridized carbons (Fsp3) is 0.0179. The van der Waals surface area contributed by atoms with E-state index in [1.807, 2.05) is 18.2 Å². The van der Waals surface area contributed by atoms with E-state index in [0.29, 0.717) is 17.5 Å². The van der Waals surface area contributed by atoms with Crippen LogP contribution in [0.4, 0.5) is 0 Å². The molecule has 3 nitrogen and oxygen atoms in total. The van der Waals surface area contributed by atoms with Crippen LogP contribution in [0.15, 0.2) is 224 Å². The third-order valence-electron chi connectivity index (χ3n) is 11.6. The Labute approximate surface area is 354 Å². The van der Waals surface area contributed by atoms with E-state index in [2.05, 4.69) is 206 Å². The quantitative estimate of drug-likeness (QED) is 0.154. The molecule has 10 aromatic rings. The van der Waals surface area contributed by atoms with Gasteiger partial charge in [-0.3, -0.25) is 0 Å². The standard InChI is InChI=1S/C56H37N3S/c1-7-21-38(22-8-1)42-35-43(39-23-9-2-10-24-39)37-44(36-42)54-57-53(41-27-13-4-14-28-41)58-55(59-54)52-49(40-25-11-3-12-26-40)50-51(60-52)47-33-19-20-34-48(47)56(50,45-29-15-5-16-30-45)46-31-17-6-18-32-46/h1-37H. The first-order chi connectivity index (χ1) is 29.8. The van der Waals surface area contributed by atoms with Gasteiger partial charge in [0, 0.05) is 21.6 Å². The summed E-state index contributed by atoms with van der Waals surface area (Å²) < 4.78 is 0. The van der Waals surface area contributed by atoms with E-state index in [9.17, 15) is 0 Å². The molecule has 0 radical (unpaired) electrons. The molecule has 282 valence electrons. The van der Waals surface area contributed by atoms with Crippen molar-refractivity contribution >= 4 is 11.3 Å². The van der Waals surface area contributed by atoms with E-state index in [-0.39, 0.29) is 0 Å². The van der Waals surface area contributed by atoms with Gasteiger partial charge >= 0.3 is 0 Å². The van der Waals surface area contributed by atoms with Crippen molar-refractivity contribution in [3.05, 3.63) is 247 Å². The zero-order valence-corrected chi connectivity index (χ0v) is 33.4. The largest absolute Gasteiger partial charge is 0.208 e. The number of hydrogen-bond donors (Lipinski definition) is 0. The van der Waals surface area contributed by atoms with Crippen LogP contribution in [0.25, 0.3) is 77.3 Å². The summed E-state index contributed by atoms with van der Waals surface area (Å²) in [5.74, 6) is 1.91. The van der Waals surface area contributed by atoms with Crippen LogP contribution in [-0.2, 0) is 5.41 Å². The molecule has 0 aliphatic heterocycles. The van der Waals surface area contributed by atoms with Crippen molar-refractivity contribution in [3.63, 3.8) is 0 Å². The minimum atomic E-state index is -0.596. The fourth-order valence-electron chi connectivity index (χ4n) is 8.98. The summed E-state index contributed by atoms with van der Waals surface area (Å²) in [6.07, 6.45) is 0. The molecule has 2 aromatic heterocycles. The molecule has 11 rings (SSSR count). The second-order valence-corrected chi connectivity index (χ2v) is 16.1. The van der Waals surface area contributed by atoms with E-state index < -0.39 is 5.41 Å². The van der Waals surface area contributed by atoms with Crippen molar-refractivity contribution in [1.82, 2.24) is 15.0 Å². The normalized spacial score (nSPS) is 12.5. The van der Waals surface area contributed by atoms with Gasteiger partial charge in [0.2, 0.25) is 0 Å². The molecule has 0 fully saturated rings. The summed E-state index contributed by atoms with van der Waals surface area (Å²) in [5.41, 5.74) is 14.2. The molecular formula is C56H37N3S. The summed E-state index contributed by atoms with van der Waals surface area (Å²) in [6.45, 7) is 0. The first-order valence-corrected chi connectivity index (χ1v) is 21.1. The zero-order valence-electron chi connectivity index (χ0n) is 32.6. The average Bonchev–Trinajstić information content (AvgIpc) is 3.87. The van der Waals surface area contributed by atoms with Gasteiger partial charge in [0.1, 0.15) is 0 Å². The maximum Gasteiger partial charge on any atom is 0.174 e. The molecule has 8 aromatic carbocycles. The first-order valence-electron chi connectivity index (χ1n) is 20.3. The molecule has 0 saturated carbocycles. The highest BCUT2D eigenvalue weighted by Crippen LogP contribution is 2.63. The number of thiophene rings is 1. The number of rotatable bonds is 8. The third kappa shape index (κ3) is 6.00. The molecule has 0 spiro atoms. The lowest BCUT2D eigenvalue weighted by atomic mass is 9.66. The summed E-state index contributed by atoms with van der Waals surface area (Å²) in [6, 6.07) is 79.8. The molecule has 0 atom stereocenters. The number of nitrogens with zero attached hydrogens (tertiary/aromatic N) is 3. The topological polar surface area (TPSA) is 38.7 Å². The molecule has 1 aliphatic carbocycles. The van der Waals surface area contributed by atoms with Crippen LogP contribution in [0.5, 0.6) is 0 Å². The Kier molecular flexibility index (Phi) is 8.91. The van der Waals surface area contributed by atoms with Crippen molar-refractivity contribution in [2.24, 2.45) is 0 Å². The van der Waals surface area contributed by atoms with E-state index in [1.54, 1.807) is 11.3 Å². The number of aromatic nitrogens is 3. The summed E-state index contributed by atoms with van der Waals surface area (Å²) >= 11 is 1.79. The third-order valence-corrected chi connectivity index (χ3v) is 12.8. The molecular weight excluding hydrogens is 747 g/mol. The Bertz CT molecular complexity index is 3010. The fourth-order valence-corrected chi connectivity index (χ4v) is 10.3. The second-order valence-electron chi connectivity index (χ2n) is 15.1. The lowest BCUT2D eigenvalue weighted by Gasteiger charge is -2.34. The van der Waals surface area contributed by atoms with Gasteiger partial charge in [-0.25, -0.2) is 15.0 Å². The Morgan fingerprint density at radius 3 is 1.25 bits per heavy atom. The number of hydrogen-bond acceptors (Lipinski definition) is 4. The highest BCUT2D eigenvalue weighted by Gasteiger charge is 2.50. The minimum absolute atomic E-state index is 0.596. The molecule has 0 bridgehead atoms. The van der Waals surface area contributed by atoms with Gasteiger partial charge in [-0.05, 0) is 73.8 Å². The minimum Gasteiger partial charge on any atom is -0.208 e. The smallest absolute Gasteiger partial charge is 0.174 e. The Morgan fingerprint density at radius 1 is 0.317 bits per heavy atom. The van der Waals surface area contributed by atoms with Crippen LogP contribution in [0, 0.1) is 0 Å². The van der Waals surface area contributed by atoms with Gasteiger partial charge in [0.05, 0.1) is 10.3 Å². The van der Waals surface area contributed by atoms with Gasteiger partial charge in [-0.2, -0.15) is 0 Å². The van der Waals surface area contributed by atoms with Crippen molar-refractivity contribution in [3.8, 4) is 77.3 Å². The second kappa shape index (κ2) is 15.0. The van der Waals surface area contributed by atoms with Gasteiger partial charge in [0.25, 0.3) is 0 Å². The molecule has 1 aliphatic rings. The van der Waals surface area contributed by atoms with Gasteiger partial charge in [-0.15, -0.1) is 11.3 Å². The van der Waals surface area contributed by atoms with Gasteiger partial charge in [0.15, 0.2) is 17.5 Å². The maximum absolute atomic E-state index is 5.51. The van der Waals surface area contributed by atoms with E-state index in [1.165, 1.54) is 32.7 Å². The van der Waals surface area contributed by atoms with Crippen molar-refractivity contribution in [2.75, 3.05) is 0 Å². The average molecular weight is 784 g/mol. The van der Waals surface area contributed by atoms with E-state index in [0.717, 1.165) is 49.4 Å². The van der Waals surface area contributed by atoms with Gasteiger partial charge in [-0.1, -0.05) is 206 Å². The van der Waals surface area contributed by atoms with Crippen LogP contribution in [0.2, 0.25) is 0 Å². The van der Waals surface area contributed by atoms with Crippen molar-refractivity contribution in [2.45, 2.75) is 5.41 Å². The SMILES string of the molecule is c1ccc(-c2cc(-c3ccccc3)cc(-c3nc(-c4ccccc4)nc(-c4sc5c(c4-c4ccccc4)C(c4ccccc4)(c4ccccc4)c4ccccc4-5)n3)c2)cc1. The Morgan fingerprint density at radius 2 is 0.717 bits per heavy atom.